The first-order valence-electron chi connectivity index (χ1n) is 7.03. The van der Waals surface area contributed by atoms with Crippen molar-refractivity contribution in [2.75, 3.05) is 37.0 Å². The van der Waals surface area contributed by atoms with Crippen LogP contribution in [0.3, 0.4) is 0 Å². The van der Waals surface area contributed by atoms with E-state index in [4.69, 9.17) is 4.74 Å². The maximum absolute atomic E-state index is 12.1. The van der Waals surface area contributed by atoms with Crippen LogP contribution in [0.25, 0.3) is 0 Å². The molecular formula is C15H23N3O2. The lowest BCUT2D eigenvalue weighted by atomic mass is 10.2. The average molecular weight is 277 g/mol. The lowest BCUT2D eigenvalue weighted by Gasteiger charge is -2.25. The van der Waals surface area contributed by atoms with E-state index in [2.05, 4.69) is 29.4 Å². The zero-order valence-corrected chi connectivity index (χ0v) is 12.3. The predicted molar refractivity (Wildman–Crippen MR) is 81.2 cm³/mol. The van der Waals surface area contributed by atoms with E-state index >= 15 is 0 Å². The molecule has 0 aliphatic carbocycles. The average Bonchev–Trinajstić information content (AvgIpc) is 2.47. The van der Waals surface area contributed by atoms with Gasteiger partial charge in [-0.25, -0.2) is 0 Å². The zero-order chi connectivity index (χ0) is 14.5. The first-order valence-corrected chi connectivity index (χ1v) is 7.03. The van der Waals surface area contributed by atoms with Gasteiger partial charge in [0, 0.05) is 31.0 Å². The van der Waals surface area contributed by atoms with Crippen molar-refractivity contribution in [3.63, 3.8) is 0 Å². The summed E-state index contributed by atoms with van der Waals surface area (Å²) in [5.41, 5.74) is 1.90. The highest BCUT2D eigenvalue weighted by Gasteiger charge is 2.21. The smallest absolute Gasteiger partial charge is 0.243 e. The second-order valence-electron chi connectivity index (χ2n) is 5.33. The molecule has 1 atom stereocenters. The monoisotopic (exact) mass is 277 g/mol. The van der Waals surface area contributed by atoms with Crippen molar-refractivity contribution < 1.29 is 9.53 Å². The van der Waals surface area contributed by atoms with E-state index in [1.165, 1.54) is 0 Å². The van der Waals surface area contributed by atoms with Gasteiger partial charge in [-0.3, -0.25) is 4.79 Å². The minimum absolute atomic E-state index is 0.0472. The number of nitrogens with one attached hydrogen (secondary N) is 2. The van der Waals surface area contributed by atoms with E-state index in [1.807, 2.05) is 31.3 Å². The van der Waals surface area contributed by atoms with E-state index in [-0.39, 0.29) is 11.9 Å². The molecule has 1 aromatic carbocycles. The van der Waals surface area contributed by atoms with Gasteiger partial charge < -0.3 is 20.3 Å². The lowest BCUT2D eigenvalue weighted by molar-refractivity contribution is -0.120. The molecule has 1 aliphatic heterocycles. The van der Waals surface area contributed by atoms with Crippen molar-refractivity contribution in [1.29, 1.82) is 0 Å². The summed E-state index contributed by atoms with van der Waals surface area (Å²) >= 11 is 0. The number of hydrogen-bond donors (Lipinski definition) is 2. The topological polar surface area (TPSA) is 53.6 Å². The summed E-state index contributed by atoms with van der Waals surface area (Å²) in [7, 11) is 2.04. The van der Waals surface area contributed by atoms with Crippen LogP contribution in [0.1, 0.15) is 13.8 Å². The molecule has 0 radical (unpaired) electrons. The van der Waals surface area contributed by atoms with Crippen molar-refractivity contribution in [3.8, 4) is 0 Å². The largest absolute Gasteiger partial charge is 0.378 e. The number of ether oxygens (including phenoxy) is 1. The molecule has 1 aliphatic rings. The van der Waals surface area contributed by atoms with Crippen molar-refractivity contribution in [1.82, 2.24) is 5.32 Å². The molecule has 110 valence electrons. The van der Waals surface area contributed by atoms with Gasteiger partial charge in [-0.05, 0) is 32.0 Å². The van der Waals surface area contributed by atoms with Crippen LogP contribution in [0.4, 0.5) is 11.4 Å². The Balaban J connectivity index is 2.02. The molecule has 0 bridgehead atoms. The third kappa shape index (κ3) is 3.71. The SMILES string of the molecule is CC(C)N(C)c1cccc(NC(=O)C2COCCN2)c1. The maximum Gasteiger partial charge on any atom is 0.243 e. The minimum Gasteiger partial charge on any atom is -0.378 e. The second kappa shape index (κ2) is 6.72. The maximum atomic E-state index is 12.1. The second-order valence-corrected chi connectivity index (χ2v) is 5.33. The molecule has 2 N–H and O–H groups in total. The van der Waals surface area contributed by atoms with Gasteiger partial charge in [0.1, 0.15) is 6.04 Å². The normalized spacial score (nSPS) is 18.9. The van der Waals surface area contributed by atoms with Crippen LogP contribution in [-0.2, 0) is 9.53 Å². The molecule has 1 amide bonds. The molecule has 20 heavy (non-hydrogen) atoms. The summed E-state index contributed by atoms with van der Waals surface area (Å²) in [6.45, 7) is 6.08. The van der Waals surface area contributed by atoms with Crippen LogP contribution in [0.15, 0.2) is 24.3 Å². The predicted octanol–water partition coefficient (Wildman–Crippen LogP) is 1.46. The Morgan fingerprint density at radius 2 is 2.30 bits per heavy atom. The lowest BCUT2D eigenvalue weighted by Crippen LogP contribution is -2.48. The third-order valence-electron chi connectivity index (χ3n) is 3.53. The number of benzene rings is 1. The summed E-state index contributed by atoms with van der Waals surface area (Å²) in [6, 6.07) is 8.03. The fourth-order valence-corrected chi connectivity index (χ4v) is 2.06. The molecule has 1 saturated heterocycles. The first kappa shape index (κ1) is 14.8. The van der Waals surface area contributed by atoms with E-state index in [9.17, 15) is 4.79 Å². The molecule has 0 spiro atoms. The Kier molecular flexibility index (Phi) is 4.98. The van der Waals surface area contributed by atoms with Gasteiger partial charge in [0.05, 0.1) is 13.2 Å². The van der Waals surface area contributed by atoms with Gasteiger partial charge in [-0.15, -0.1) is 0 Å². The van der Waals surface area contributed by atoms with Gasteiger partial charge in [-0.1, -0.05) is 6.07 Å². The molecule has 1 fully saturated rings. The molecule has 5 heteroatoms. The number of rotatable bonds is 4. The minimum atomic E-state index is -0.268. The molecule has 1 aromatic rings. The summed E-state index contributed by atoms with van der Waals surface area (Å²) in [5, 5.41) is 6.08. The van der Waals surface area contributed by atoms with Crippen LogP contribution >= 0.6 is 0 Å². The van der Waals surface area contributed by atoms with Gasteiger partial charge in [0.2, 0.25) is 5.91 Å². The highest BCUT2D eigenvalue weighted by Crippen LogP contribution is 2.20. The number of nitrogens with zero attached hydrogens (tertiary/aromatic N) is 1. The highest BCUT2D eigenvalue weighted by molar-refractivity contribution is 5.95. The fraction of sp³-hybridized carbons (Fsp3) is 0.533. The van der Waals surface area contributed by atoms with Gasteiger partial charge in [0.25, 0.3) is 0 Å². The Morgan fingerprint density at radius 1 is 1.50 bits per heavy atom. The molecule has 0 aromatic heterocycles. The molecule has 5 nitrogen and oxygen atoms in total. The van der Waals surface area contributed by atoms with Crippen LogP contribution < -0.4 is 15.5 Å². The van der Waals surface area contributed by atoms with E-state index in [0.717, 1.165) is 11.4 Å². The first-order chi connectivity index (χ1) is 9.58. The molecule has 0 saturated carbocycles. The molecule has 2 rings (SSSR count). The van der Waals surface area contributed by atoms with Gasteiger partial charge >= 0.3 is 0 Å². The molecule has 1 heterocycles. The molecular weight excluding hydrogens is 254 g/mol. The van der Waals surface area contributed by atoms with Crippen molar-refractivity contribution in [2.45, 2.75) is 25.9 Å². The Bertz CT molecular complexity index is 456. The van der Waals surface area contributed by atoms with E-state index in [1.54, 1.807) is 0 Å². The summed E-state index contributed by atoms with van der Waals surface area (Å²) in [6.07, 6.45) is 0. The number of morpholine rings is 1. The number of anilines is 2. The Labute approximate surface area is 120 Å². The van der Waals surface area contributed by atoms with Crippen LogP contribution in [0.2, 0.25) is 0 Å². The van der Waals surface area contributed by atoms with Crippen LogP contribution in [-0.4, -0.2) is 44.8 Å². The summed E-state index contributed by atoms with van der Waals surface area (Å²) in [4.78, 5) is 14.3. The standard InChI is InChI=1S/C15H23N3O2/c1-11(2)18(3)13-6-4-5-12(9-13)17-15(19)14-10-20-8-7-16-14/h4-6,9,11,14,16H,7-8,10H2,1-3H3,(H,17,19). The number of carbonyl (C=O) groups is 1. The number of amides is 1. The Morgan fingerprint density at radius 3 is 2.95 bits per heavy atom. The van der Waals surface area contributed by atoms with Crippen molar-refractivity contribution >= 4 is 17.3 Å². The van der Waals surface area contributed by atoms with E-state index < -0.39 is 0 Å². The van der Waals surface area contributed by atoms with Gasteiger partial charge in [0.15, 0.2) is 0 Å². The quantitative estimate of drug-likeness (QED) is 0.875. The Hall–Kier alpha value is -1.59. The van der Waals surface area contributed by atoms with Crippen molar-refractivity contribution in [3.05, 3.63) is 24.3 Å². The van der Waals surface area contributed by atoms with Crippen LogP contribution in [0.5, 0.6) is 0 Å². The molecule has 1 unspecified atom stereocenters. The summed E-state index contributed by atoms with van der Waals surface area (Å²) < 4.78 is 5.30. The van der Waals surface area contributed by atoms with Crippen molar-refractivity contribution in [2.24, 2.45) is 0 Å². The zero-order valence-electron chi connectivity index (χ0n) is 12.3. The highest BCUT2D eigenvalue weighted by atomic mass is 16.5. The van der Waals surface area contributed by atoms with E-state index in [0.29, 0.717) is 25.8 Å². The summed E-state index contributed by atoms with van der Waals surface area (Å²) in [5.74, 6) is -0.0472. The number of carbonyl (C=O) groups excluding carboxylic acids is 1. The third-order valence-corrected chi connectivity index (χ3v) is 3.53. The van der Waals surface area contributed by atoms with Crippen LogP contribution in [0, 0.1) is 0 Å². The number of hydrogen-bond acceptors (Lipinski definition) is 4. The van der Waals surface area contributed by atoms with Gasteiger partial charge in [-0.2, -0.15) is 0 Å². The fourth-order valence-electron chi connectivity index (χ4n) is 2.06.